The van der Waals surface area contributed by atoms with Gasteiger partial charge >= 0.3 is 0 Å². The molecule has 96 valence electrons. The van der Waals surface area contributed by atoms with Crippen LogP contribution in [0.5, 0.6) is 0 Å². The summed E-state index contributed by atoms with van der Waals surface area (Å²) in [5, 5.41) is 6.59. The van der Waals surface area contributed by atoms with Gasteiger partial charge in [-0.25, -0.2) is 0 Å². The van der Waals surface area contributed by atoms with Crippen LogP contribution >= 0.6 is 15.9 Å². The maximum atomic E-state index is 12.1. The number of furan rings is 1. The summed E-state index contributed by atoms with van der Waals surface area (Å²) < 4.78 is 5.97. The third-order valence-corrected chi connectivity index (χ3v) is 2.99. The quantitative estimate of drug-likeness (QED) is 0.906. The normalized spacial score (nSPS) is 10.6. The Kier molecular flexibility index (Phi) is 3.42. The number of aromatic amines is 1. The molecule has 0 aromatic carbocycles. The highest BCUT2D eigenvalue weighted by Crippen LogP contribution is 2.18. The predicted octanol–water partition coefficient (Wildman–Crippen LogP) is 1.93. The predicted molar refractivity (Wildman–Crippen MR) is 69.9 cm³/mol. The molecule has 3 N–H and O–H groups in total. The molecule has 2 aromatic heterocycles. The van der Waals surface area contributed by atoms with Gasteiger partial charge in [-0.15, -0.1) is 0 Å². The van der Waals surface area contributed by atoms with Crippen molar-refractivity contribution < 1.29 is 9.21 Å². The van der Waals surface area contributed by atoms with Crippen LogP contribution in [0, 0.1) is 6.92 Å². The van der Waals surface area contributed by atoms with Crippen molar-refractivity contribution in [3.8, 4) is 0 Å². The molecule has 0 atom stereocenters. The Morgan fingerprint density at radius 1 is 1.61 bits per heavy atom. The highest BCUT2D eigenvalue weighted by atomic mass is 79.9. The summed E-state index contributed by atoms with van der Waals surface area (Å²) in [5.41, 5.74) is 7.07. The van der Waals surface area contributed by atoms with Crippen LogP contribution in [0.3, 0.4) is 0 Å². The number of hydrogen-bond donors (Lipinski definition) is 2. The van der Waals surface area contributed by atoms with Crippen molar-refractivity contribution in [2.45, 2.75) is 13.5 Å². The topological polar surface area (TPSA) is 88.2 Å². The molecule has 0 radical (unpaired) electrons. The molecule has 0 aliphatic carbocycles. The third kappa shape index (κ3) is 2.40. The van der Waals surface area contributed by atoms with E-state index in [0.29, 0.717) is 28.4 Å². The minimum Gasteiger partial charge on any atom is -0.452 e. The number of nitrogens with one attached hydrogen (secondary N) is 1. The molecule has 2 aromatic rings. The summed E-state index contributed by atoms with van der Waals surface area (Å²) in [4.78, 5) is 13.6. The molecule has 0 fully saturated rings. The molecule has 7 heteroatoms. The summed E-state index contributed by atoms with van der Waals surface area (Å²) >= 11 is 3.21. The van der Waals surface area contributed by atoms with Gasteiger partial charge in [-0.2, -0.15) is 5.10 Å². The second-order valence-corrected chi connectivity index (χ2v) is 4.76. The van der Waals surface area contributed by atoms with Crippen molar-refractivity contribution in [1.29, 1.82) is 0 Å². The standard InChI is InChI=1S/C11H13BrN4O2/c1-6-9(13)10(15-14-6)11(17)16(2)5-7-3-4-8(12)18-7/h3-4H,5,13H2,1-2H3,(H,14,15). The molecular weight excluding hydrogens is 300 g/mol. The zero-order valence-corrected chi connectivity index (χ0v) is 11.6. The van der Waals surface area contributed by atoms with Gasteiger partial charge in [0.15, 0.2) is 10.4 Å². The van der Waals surface area contributed by atoms with Gasteiger partial charge in [-0.1, -0.05) is 0 Å². The van der Waals surface area contributed by atoms with Crippen molar-refractivity contribution in [3.63, 3.8) is 0 Å². The molecule has 2 heterocycles. The number of carbonyl (C=O) groups is 1. The highest BCUT2D eigenvalue weighted by molar-refractivity contribution is 9.10. The zero-order valence-electron chi connectivity index (χ0n) is 10.0. The molecule has 0 saturated heterocycles. The molecule has 2 rings (SSSR count). The van der Waals surface area contributed by atoms with Crippen LogP contribution in [0.25, 0.3) is 0 Å². The number of halogens is 1. The van der Waals surface area contributed by atoms with Gasteiger partial charge in [0.2, 0.25) is 0 Å². The fourth-order valence-corrected chi connectivity index (χ4v) is 1.86. The van der Waals surface area contributed by atoms with Crippen molar-refractivity contribution >= 4 is 27.5 Å². The zero-order chi connectivity index (χ0) is 13.3. The minimum absolute atomic E-state index is 0.237. The lowest BCUT2D eigenvalue weighted by atomic mass is 10.3. The van der Waals surface area contributed by atoms with Crippen LogP contribution in [0.1, 0.15) is 21.9 Å². The molecule has 18 heavy (non-hydrogen) atoms. The van der Waals surface area contributed by atoms with E-state index >= 15 is 0 Å². The summed E-state index contributed by atoms with van der Waals surface area (Å²) in [6, 6.07) is 3.58. The Labute approximate surface area is 112 Å². The van der Waals surface area contributed by atoms with Gasteiger partial charge in [-0.05, 0) is 35.0 Å². The number of hydrogen-bond acceptors (Lipinski definition) is 4. The number of H-pyrrole nitrogens is 1. The smallest absolute Gasteiger partial charge is 0.276 e. The first kappa shape index (κ1) is 12.7. The fraction of sp³-hybridized carbons (Fsp3) is 0.273. The van der Waals surface area contributed by atoms with Gasteiger partial charge in [0, 0.05) is 7.05 Å². The Balaban J connectivity index is 2.12. The molecule has 1 amide bonds. The Hall–Kier alpha value is -1.76. The second-order valence-electron chi connectivity index (χ2n) is 3.98. The van der Waals surface area contributed by atoms with Crippen LogP contribution in [0.4, 0.5) is 5.69 Å². The number of anilines is 1. The number of aryl methyl sites for hydroxylation is 1. The lowest BCUT2D eigenvalue weighted by Gasteiger charge is -2.14. The van der Waals surface area contributed by atoms with Crippen LogP contribution in [0.15, 0.2) is 21.2 Å². The van der Waals surface area contributed by atoms with Crippen LogP contribution < -0.4 is 5.73 Å². The number of nitrogen functional groups attached to an aromatic ring is 1. The number of carbonyl (C=O) groups excluding carboxylic acids is 1. The van der Waals surface area contributed by atoms with Crippen molar-refractivity contribution in [1.82, 2.24) is 15.1 Å². The van der Waals surface area contributed by atoms with Gasteiger partial charge in [0.05, 0.1) is 17.9 Å². The van der Waals surface area contributed by atoms with E-state index in [9.17, 15) is 4.79 Å². The largest absolute Gasteiger partial charge is 0.452 e. The van der Waals surface area contributed by atoms with E-state index in [2.05, 4.69) is 26.1 Å². The maximum absolute atomic E-state index is 12.1. The van der Waals surface area contributed by atoms with E-state index in [1.54, 1.807) is 26.1 Å². The number of rotatable bonds is 3. The number of aromatic nitrogens is 2. The van der Waals surface area contributed by atoms with E-state index < -0.39 is 0 Å². The molecule has 0 bridgehead atoms. The first-order chi connectivity index (χ1) is 8.49. The molecule has 0 unspecified atom stereocenters. The molecule has 0 saturated carbocycles. The van der Waals surface area contributed by atoms with E-state index in [1.165, 1.54) is 4.90 Å². The molecule has 6 nitrogen and oxygen atoms in total. The van der Waals surface area contributed by atoms with E-state index in [4.69, 9.17) is 10.2 Å². The summed E-state index contributed by atoms with van der Waals surface area (Å²) in [7, 11) is 1.67. The van der Waals surface area contributed by atoms with Gasteiger partial charge < -0.3 is 15.1 Å². The van der Waals surface area contributed by atoms with Crippen molar-refractivity contribution in [3.05, 3.63) is 34.0 Å². The summed E-state index contributed by atoms with van der Waals surface area (Å²) in [5.74, 6) is 0.438. The Morgan fingerprint density at radius 2 is 2.33 bits per heavy atom. The fourth-order valence-electron chi connectivity index (χ4n) is 1.52. The van der Waals surface area contributed by atoms with Gasteiger partial charge in [-0.3, -0.25) is 9.89 Å². The number of nitrogens with two attached hydrogens (primary N) is 1. The molecule has 0 aliphatic heterocycles. The lowest BCUT2D eigenvalue weighted by molar-refractivity contribution is 0.0770. The van der Waals surface area contributed by atoms with Gasteiger partial charge in [0.1, 0.15) is 5.76 Å². The summed E-state index contributed by atoms with van der Waals surface area (Å²) in [6.07, 6.45) is 0. The Bertz CT molecular complexity index is 575. The van der Waals surface area contributed by atoms with Crippen LogP contribution in [-0.4, -0.2) is 28.1 Å². The van der Waals surface area contributed by atoms with Crippen molar-refractivity contribution in [2.24, 2.45) is 0 Å². The third-order valence-electron chi connectivity index (χ3n) is 2.57. The van der Waals surface area contributed by atoms with E-state index in [0.717, 1.165) is 0 Å². The Morgan fingerprint density at radius 3 is 2.83 bits per heavy atom. The first-order valence-corrected chi connectivity index (χ1v) is 6.08. The van der Waals surface area contributed by atoms with Crippen LogP contribution in [0.2, 0.25) is 0 Å². The molecule has 0 spiro atoms. The molecule has 0 aliphatic rings. The highest BCUT2D eigenvalue weighted by Gasteiger charge is 2.20. The first-order valence-electron chi connectivity index (χ1n) is 5.29. The SMILES string of the molecule is Cc1[nH]nc(C(=O)N(C)Cc2ccc(Br)o2)c1N. The van der Waals surface area contributed by atoms with Crippen molar-refractivity contribution in [2.75, 3.05) is 12.8 Å². The monoisotopic (exact) mass is 312 g/mol. The van der Waals surface area contributed by atoms with Gasteiger partial charge in [0.25, 0.3) is 5.91 Å². The van der Waals surface area contributed by atoms with E-state index in [-0.39, 0.29) is 11.6 Å². The number of nitrogens with zero attached hydrogens (tertiary/aromatic N) is 2. The maximum Gasteiger partial charge on any atom is 0.276 e. The minimum atomic E-state index is -0.246. The number of amides is 1. The lowest BCUT2D eigenvalue weighted by Crippen LogP contribution is -2.27. The average Bonchev–Trinajstić information content (AvgIpc) is 2.87. The van der Waals surface area contributed by atoms with Crippen LogP contribution in [-0.2, 0) is 6.54 Å². The average molecular weight is 313 g/mol. The summed E-state index contributed by atoms with van der Waals surface area (Å²) in [6.45, 7) is 2.12. The molecular formula is C11H13BrN4O2. The van der Waals surface area contributed by atoms with E-state index in [1.807, 2.05) is 0 Å². The second kappa shape index (κ2) is 4.85.